The molecule has 0 aliphatic carbocycles. The molecule has 0 saturated carbocycles. The summed E-state index contributed by atoms with van der Waals surface area (Å²) < 4.78 is 23.2. The lowest BCUT2D eigenvalue weighted by atomic mass is 10.1. The van der Waals surface area contributed by atoms with Crippen molar-refractivity contribution in [2.45, 2.75) is 13.2 Å². The van der Waals surface area contributed by atoms with Crippen molar-refractivity contribution in [2.75, 3.05) is 14.2 Å². The maximum absolute atomic E-state index is 12.8. The summed E-state index contributed by atoms with van der Waals surface area (Å²) in [5.74, 6) is 0.0625. The minimum Gasteiger partial charge on any atom is -0.493 e. The van der Waals surface area contributed by atoms with E-state index in [1.165, 1.54) is 26.4 Å². The van der Waals surface area contributed by atoms with Gasteiger partial charge in [-0.1, -0.05) is 44.0 Å². The number of amides is 3. The largest absolute Gasteiger partial charge is 0.493 e. The van der Waals surface area contributed by atoms with Crippen LogP contribution >= 0.6 is 31.9 Å². The Morgan fingerprint density at radius 2 is 1.86 bits per heavy atom. The Labute approximate surface area is 223 Å². The number of nitrogens with one attached hydrogen (secondary N) is 1. The van der Waals surface area contributed by atoms with E-state index in [-0.39, 0.29) is 23.8 Å². The second-order valence-corrected chi connectivity index (χ2v) is 9.34. The molecule has 3 aromatic rings. The van der Waals surface area contributed by atoms with Gasteiger partial charge in [0.05, 0.1) is 20.8 Å². The van der Waals surface area contributed by atoms with E-state index >= 15 is 0 Å². The second-order valence-electron chi connectivity index (χ2n) is 7.57. The molecular formula is C25H20Br2N2O7. The predicted octanol–water partition coefficient (Wildman–Crippen LogP) is 5.27. The van der Waals surface area contributed by atoms with Crippen LogP contribution < -0.4 is 14.8 Å². The number of nitrogens with zero attached hydrogens (tertiary/aromatic N) is 1. The van der Waals surface area contributed by atoms with Crippen molar-refractivity contribution in [3.8, 4) is 11.5 Å². The van der Waals surface area contributed by atoms with E-state index in [9.17, 15) is 14.4 Å². The molecular weight excluding hydrogens is 600 g/mol. The molecule has 1 N–H and O–H groups in total. The molecule has 1 fully saturated rings. The SMILES string of the molecule is COC(=O)c1ccc(CN2C(=O)N/C(=C/c3ccc(OCc4ccc(Br)cc4Br)c(OC)c3)C2=O)o1. The topological polar surface area (TPSA) is 107 Å². The third-order valence-corrected chi connectivity index (χ3v) is 6.45. The van der Waals surface area contributed by atoms with Crippen LogP contribution in [0, 0.1) is 0 Å². The van der Waals surface area contributed by atoms with Crippen molar-refractivity contribution in [3.63, 3.8) is 0 Å². The second kappa shape index (κ2) is 11.0. The van der Waals surface area contributed by atoms with Gasteiger partial charge in [-0.05, 0) is 48.0 Å². The van der Waals surface area contributed by atoms with Crippen LogP contribution in [0.1, 0.15) is 27.4 Å². The summed E-state index contributed by atoms with van der Waals surface area (Å²) in [6.45, 7) is 0.180. The Kier molecular flexibility index (Phi) is 7.80. The van der Waals surface area contributed by atoms with Gasteiger partial charge in [-0.25, -0.2) is 9.59 Å². The highest BCUT2D eigenvalue weighted by Crippen LogP contribution is 2.31. The van der Waals surface area contributed by atoms with Crippen molar-refractivity contribution in [1.82, 2.24) is 10.2 Å². The van der Waals surface area contributed by atoms with Crippen molar-refractivity contribution < 1.29 is 33.0 Å². The first kappa shape index (κ1) is 25.5. The molecule has 1 saturated heterocycles. The smallest absolute Gasteiger partial charge is 0.373 e. The zero-order chi connectivity index (χ0) is 25.8. The summed E-state index contributed by atoms with van der Waals surface area (Å²) >= 11 is 6.94. The number of halogens is 2. The summed E-state index contributed by atoms with van der Waals surface area (Å²) in [7, 11) is 2.75. The fourth-order valence-corrected chi connectivity index (χ4v) is 4.56. The predicted molar refractivity (Wildman–Crippen MR) is 136 cm³/mol. The molecule has 9 nitrogen and oxygen atoms in total. The van der Waals surface area contributed by atoms with Gasteiger partial charge in [-0.15, -0.1) is 0 Å². The van der Waals surface area contributed by atoms with Gasteiger partial charge in [0.1, 0.15) is 18.1 Å². The quantitative estimate of drug-likeness (QED) is 0.208. The molecule has 1 aliphatic heterocycles. The summed E-state index contributed by atoms with van der Waals surface area (Å²) in [5.41, 5.74) is 1.68. The lowest BCUT2D eigenvalue weighted by Gasteiger charge is -2.12. The molecule has 186 valence electrons. The molecule has 2 aromatic carbocycles. The van der Waals surface area contributed by atoms with Gasteiger partial charge in [0, 0.05) is 14.5 Å². The number of urea groups is 1. The summed E-state index contributed by atoms with van der Waals surface area (Å²) in [5, 5.41) is 2.56. The number of benzene rings is 2. The maximum atomic E-state index is 12.8. The van der Waals surface area contributed by atoms with Crippen LogP contribution in [0.25, 0.3) is 6.08 Å². The first-order chi connectivity index (χ1) is 17.3. The number of hydrogen-bond acceptors (Lipinski definition) is 7. The van der Waals surface area contributed by atoms with E-state index in [0.717, 1.165) is 19.4 Å². The van der Waals surface area contributed by atoms with Gasteiger partial charge >= 0.3 is 12.0 Å². The van der Waals surface area contributed by atoms with Gasteiger partial charge in [0.15, 0.2) is 11.5 Å². The highest BCUT2D eigenvalue weighted by molar-refractivity contribution is 9.11. The van der Waals surface area contributed by atoms with Crippen LogP contribution in [-0.2, 0) is 22.7 Å². The molecule has 1 aliphatic rings. The molecule has 11 heteroatoms. The Hall–Kier alpha value is -3.57. The summed E-state index contributed by atoms with van der Waals surface area (Å²) in [4.78, 5) is 37.8. The fourth-order valence-electron chi connectivity index (χ4n) is 3.40. The van der Waals surface area contributed by atoms with E-state index in [1.807, 2.05) is 18.2 Å². The Balaban J connectivity index is 1.47. The van der Waals surface area contributed by atoms with E-state index in [1.54, 1.807) is 24.3 Å². The van der Waals surface area contributed by atoms with Gasteiger partial charge in [0.25, 0.3) is 5.91 Å². The Morgan fingerprint density at radius 3 is 2.58 bits per heavy atom. The summed E-state index contributed by atoms with van der Waals surface area (Å²) in [6, 6.07) is 13.3. The number of carbonyl (C=O) groups is 3. The molecule has 0 radical (unpaired) electrons. The minimum absolute atomic E-state index is 0.0165. The molecule has 0 bridgehead atoms. The lowest BCUT2D eigenvalue weighted by Crippen LogP contribution is -2.30. The molecule has 0 unspecified atom stereocenters. The molecule has 36 heavy (non-hydrogen) atoms. The van der Waals surface area contributed by atoms with E-state index in [0.29, 0.717) is 23.7 Å². The first-order valence-electron chi connectivity index (χ1n) is 10.6. The van der Waals surface area contributed by atoms with E-state index < -0.39 is 17.9 Å². The molecule has 2 heterocycles. The van der Waals surface area contributed by atoms with E-state index in [4.69, 9.17) is 13.9 Å². The number of methoxy groups -OCH3 is 2. The molecule has 3 amide bonds. The molecule has 0 atom stereocenters. The average Bonchev–Trinajstić information content (AvgIpc) is 3.44. The van der Waals surface area contributed by atoms with Crippen molar-refractivity contribution in [3.05, 3.63) is 85.8 Å². The third kappa shape index (κ3) is 5.63. The van der Waals surface area contributed by atoms with Crippen LogP contribution in [0.15, 0.2) is 67.6 Å². The zero-order valence-corrected chi connectivity index (χ0v) is 22.3. The van der Waals surface area contributed by atoms with Gasteiger partial charge < -0.3 is 23.9 Å². The number of carbonyl (C=O) groups excluding carboxylic acids is 3. The Bertz CT molecular complexity index is 1370. The number of ether oxygens (including phenoxy) is 3. The van der Waals surface area contributed by atoms with Crippen LogP contribution in [0.4, 0.5) is 4.79 Å². The normalized spacial score (nSPS) is 14.2. The van der Waals surface area contributed by atoms with Gasteiger partial charge in [-0.2, -0.15) is 0 Å². The number of hydrogen-bond donors (Lipinski definition) is 1. The fraction of sp³-hybridized carbons (Fsp3) is 0.160. The average molecular weight is 620 g/mol. The first-order valence-corrected chi connectivity index (χ1v) is 12.1. The third-order valence-electron chi connectivity index (χ3n) is 5.22. The number of rotatable bonds is 8. The number of esters is 1. The number of furan rings is 1. The standard InChI is InChI=1S/C25H20Br2N2O7/c1-33-22-10-14(3-7-20(22)35-13-15-4-5-16(26)11-18(15)27)9-19-23(30)29(25(32)28-19)12-17-6-8-21(36-17)24(31)34-2/h3-11H,12-13H2,1-2H3,(H,28,32)/b19-9+. The van der Waals surface area contributed by atoms with Crippen LogP contribution in [0.5, 0.6) is 11.5 Å². The molecule has 0 spiro atoms. The van der Waals surface area contributed by atoms with Crippen LogP contribution in [-0.4, -0.2) is 37.0 Å². The van der Waals surface area contributed by atoms with Crippen molar-refractivity contribution in [2.24, 2.45) is 0 Å². The van der Waals surface area contributed by atoms with E-state index in [2.05, 4.69) is 41.9 Å². The highest BCUT2D eigenvalue weighted by Gasteiger charge is 2.34. The molecule has 1 aromatic heterocycles. The lowest BCUT2D eigenvalue weighted by molar-refractivity contribution is -0.123. The van der Waals surface area contributed by atoms with Gasteiger partial charge in [0.2, 0.25) is 5.76 Å². The minimum atomic E-state index is -0.648. The number of imide groups is 1. The zero-order valence-electron chi connectivity index (χ0n) is 19.2. The Morgan fingerprint density at radius 1 is 1.06 bits per heavy atom. The highest BCUT2D eigenvalue weighted by atomic mass is 79.9. The van der Waals surface area contributed by atoms with Crippen molar-refractivity contribution in [1.29, 1.82) is 0 Å². The van der Waals surface area contributed by atoms with Gasteiger partial charge in [-0.3, -0.25) is 9.69 Å². The summed E-state index contributed by atoms with van der Waals surface area (Å²) in [6.07, 6.45) is 1.54. The van der Waals surface area contributed by atoms with Crippen molar-refractivity contribution >= 4 is 55.8 Å². The monoisotopic (exact) mass is 618 g/mol. The van der Waals surface area contributed by atoms with Crippen LogP contribution in [0.2, 0.25) is 0 Å². The van der Waals surface area contributed by atoms with Crippen LogP contribution in [0.3, 0.4) is 0 Å². The maximum Gasteiger partial charge on any atom is 0.373 e. The molecule has 4 rings (SSSR count).